The summed E-state index contributed by atoms with van der Waals surface area (Å²) in [6, 6.07) is 3.60. The van der Waals surface area contributed by atoms with Crippen LogP contribution in [0.1, 0.15) is 31.4 Å². The summed E-state index contributed by atoms with van der Waals surface area (Å²) in [5.74, 6) is 0.578. The molecule has 0 radical (unpaired) electrons. The van der Waals surface area contributed by atoms with Gasteiger partial charge in [-0.25, -0.2) is 0 Å². The van der Waals surface area contributed by atoms with Gasteiger partial charge in [0.25, 0.3) is 0 Å². The lowest BCUT2D eigenvalue weighted by Gasteiger charge is -2.15. The Morgan fingerprint density at radius 2 is 2.00 bits per heavy atom. The highest BCUT2D eigenvalue weighted by molar-refractivity contribution is 6.43. The molecule has 0 aliphatic rings. The molecule has 0 saturated heterocycles. The Morgan fingerprint density at radius 1 is 1.33 bits per heavy atom. The lowest BCUT2D eigenvalue weighted by molar-refractivity contribution is 0.414. The number of hydrogen-bond acceptors (Lipinski definition) is 2. The van der Waals surface area contributed by atoms with E-state index >= 15 is 0 Å². The number of methoxy groups -OCH3 is 1. The third-order valence-electron chi connectivity index (χ3n) is 2.30. The predicted octanol–water partition coefficient (Wildman–Crippen LogP) is 3.80. The molecule has 1 rings (SSSR count). The zero-order valence-electron chi connectivity index (χ0n) is 8.89. The number of hydrogen-bond donors (Lipinski definition) is 1. The van der Waals surface area contributed by atoms with E-state index in [0.29, 0.717) is 15.8 Å². The molecular weight excluding hydrogens is 233 g/mol. The fourth-order valence-corrected chi connectivity index (χ4v) is 2.00. The Bertz CT molecular complexity index is 342. The molecular formula is C11H15Cl2NO. The van der Waals surface area contributed by atoms with Crippen molar-refractivity contribution in [2.24, 2.45) is 5.73 Å². The van der Waals surface area contributed by atoms with Gasteiger partial charge >= 0.3 is 0 Å². The summed E-state index contributed by atoms with van der Waals surface area (Å²) in [5.41, 5.74) is 6.86. The number of nitrogens with two attached hydrogens (primary N) is 1. The molecule has 15 heavy (non-hydrogen) atoms. The summed E-state index contributed by atoms with van der Waals surface area (Å²) in [7, 11) is 1.56. The van der Waals surface area contributed by atoms with Crippen molar-refractivity contribution in [3.05, 3.63) is 27.7 Å². The molecule has 84 valence electrons. The molecule has 0 aliphatic carbocycles. The molecule has 0 amide bonds. The highest BCUT2D eigenvalue weighted by atomic mass is 35.5. The van der Waals surface area contributed by atoms with E-state index in [0.717, 1.165) is 18.4 Å². The maximum atomic E-state index is 6.12. The third-order valence-corrected chi connectivity index (χ3v) is 3.17. The molecule has 2 N–H and O–H groups in total. The maximum Gasteiger partial charge on any atom is 0.139 e. The Balaban J connectivity index is 3.06. The summed E-state index contributed by atoms with van der Waals surface area (Å²) in [6.45, 7) is 2.08. The second-order valence-corrected chi connectivity index (χ2v) is 4.14. The molecule has 1 aromatic rings. The number of ether oxygens (including phenoxy) is 1. The van der Waals surface area contributed by atoms with Crippen LogP contribution in [0.15, 0.2) is 12.1 Å². The molecule has 0 spiro atoms. The largest absolute Gasteiger partial charge is 0.495 e. The third kappa shape index (κ3) is 2.77. The fourth-order valence-electron chi connectivity index (χ4n) is 1.46. The quantitative estimate of drug-likeness (QED) is 0.879. The molecule has 0 aliphatic heterocycles. The van der Waals surface area contributed by atoms with E-state index in [2.05, 4.69) is 6.92 Å². The van der Waals surface area contributed by atoms with Crippen LogP contribution < -0.4 is 10.5 Å². The van der Waals surface area contributed by atoms with Crippen LogP contribution in [0.2, 0.25) is 10.0 Å². The average Bonchev–Trinajstić information content (AvgIpc) is 2.22. The Hall–Kier alpha value is -0.440. The minimum Gasteiger partial charge on any atom is -0.495 e. The molecule has 0 saturated carbocycles. The van der Waals surface area contributed by atoms with E-state index in [1.807, 2.05) is 6.07 Å². The Morgan fingerprint density at radius 3 is 2.53 bits per heavy atom. The van der Waals surface area contributed by atoms with Crippen molar-refractivity contribution in [3.8, 4) is 5.75 Å². The molecule has 0 bridgehead atoms. The van der Waals surface area contributed by atoms with Crippen LogP contribution in [-0.4, -0.2) is 7.11 Å². The van der Waals surface area contributed by atoms with E-state index < -0.39 is 0 Å². The monoisotopic (exact) mass is 247 g/mol. The molecule has 0 aromatic heterocycles. The topological polar surface area (TPSA) is 35.2 Å². The highest BCUT2D eigenvalue weighted by Crippen LogP contribution is 2.37. The van der Waals surface area contributed by atoms with Gasteiger partial charge in [-0.2, -0.15) is 0 Å². The smallest absolute Gasteiger partial charge is 0.139 e. The van der Waals surface area contributed by atoms with Crippen LogP contribution >= 0.6 is 23.2 Å². The molecule has 0 heterocycles. The fraction of sp³-hybridized carbons (Fsp3) is 0.455. The molecule has 0 fully saturated rings. The minimum absolute atomic E-state index is 0.0640. The zero-order chi connectivity index (χ0) is 11.4. The first-order valence-corrected chi connectivity index (χ1v) is 5.64. The highest BCUT2D eigenvalue weighted by Gasteiger charge is 2.14. The standard InChI is InChI=1S/C11H15Cl2NO/c1-3-4-8(14)7-5-6-9(15-2)11(13)10(7)12/h5-6,8H,3-4,14H2,1-2H3. The van der Waals surface area contributed by atoms with Crippen molar-refractivity contribution < 1.29 is 4.74 Å². The second-order valence-electron chi connectivity index (χ2n) is 3.38. The summed E-state index contributed by atoms with van der Waals surface area (Å²) in [4.78, 5) is 0. The predicted molar refractivity (Wildman–Crippen MR) is 64.9 cm³/mol. The van der Waals surface area contributed by atoms with Gasteiger partial charge < -0.3 is 10.5 Å². The lowest BCUT2D eigenvalue weighted by atomic mass is 10.0. The van der Waals surface area contributed by atoms with E-state index in [9.17, 15) is 0 Å². The van der Waals surface area contributed by atoms with Crippen LogP contribution in [0.3, 0.4) is 0 Å². The first-order chi connectivity index (χ1) is 7.11. The van der Waals surface area contributed by atoms with Crippen LogP contribution in [0, 0.1) is 0 Å². The lowest BCUT2D eigenvalue weighted by Crippen LogP contribution is -2.10. The van der Waals surface area contributed by atoms with Crippen LogP contribution in [0.25, 0.3) is 0 Å². The van der Waals surface area contributed by atoms with Gasteiger partial charge in [0.1, 0.15) is 10.8 Å². The van der Waals surface area contributed by atoms with Gasteiger partial charge in [0.15, 0.2) is 0 Å². The summed E-state index contributed by atoms with van der Waals surface area (Å²) in [6.07, 6.45) is 1.91. The first-order valence-electron chi connectivity index (χ1n) is 4.89. The van der Waals surface area contributed by atoms with Crippen LogP contribution in [0.5, 0.6) is 5.75 Å². The van der Waals surface area contributed by atoms with Gasteiger partial charge in [-0.15, -0.1) is 0 Å². The number of halogens is 2. The van der Waals surface area contributed by atoms with E-state index in [1.165, 1.54) is 0 Å². The SMILES string of the molecule is CCCC(N)c1ccc(OC)c(Cl)c1Cl. The Labute approximate surface area is 100 Å². The van der Waals surface area contributed by atoms with Crippen molar-refractivity contribution in [2.75, 3.05) is 7.11 Å². The first kappa shape index (κ1) is 12.6. The van der Waals surface area contributed by atoms with Gasteiger partial charge in [0.05, 0.1) is 12.1 Å². The number of rotatable bonds is 4. The average molecular weight is 248 g/mol. The summed E-state index contributed by atoms with van der Waals surface area (Å²) >= 11 is 12.1. The van der Waals surface area contributed by atoms with Gasteiger partial charge in [-0.05, 0) is 18.1 Å². The van der Waals surface area contributed by atoms with Crippen molar-refractivity contribution in [1.82, 2.24) is 0 Å². The Kier molecular flexibility index (Phi) is 4.71. The van der Waals surface area contributed by atoms with Crippen molar-refractivity contribution >= 4 is 23.2 Å². The van der Waals surface area contributed by atoms with Gasteiger partial charge in [-0.1, -0.05) is 42.6 Å². The zero-order valence-corrected chi connectivity index (χ0v) is 10.4. The maximum absolute atomic E-state index is 6.12. The van der Waals surface area contributed by atoms with Crippen molar-refractivity contribution in [1.29, 1.82) is 0 Å². The normalized spacial score (nSPS) is 12.6. The van der Waals surface area contributed by atoms with Gasteiger partial charge in [0, 0.05) is 6.04 Å². The van der Waals surface area contributed by atoms with Gasteiger partial charge in [-0.3, -0.25) is 0 Å². The molecule has 4 heteroatoms. The van der Waals surface area contributed by atoms with E-state index in [1.54, 1.807) is 13.2 Å². The van der Waals surface area contributed by atoms with Crippen molar-refractivity contribution in [3.63, 3.8) is 0 Å². The second kappa shape index (κ2) is 5.59. The van der Waals surface area contributed by atoms with Crippen LogP contribution in [0.4, 0.5) is 0 Å². The van der Waals surface area contributed by atoms with Gasteiger partial charge in [0.2, 0.25) is 0 Å². The molecule has 1 unspecified atom stereocenters. The van der Waals surface area contributed by atoms with Crippen LogP contribution in [-0.2, 0) is 0 Å². The summed E-state index contributed by atoms with van der Waals surface area (Å²) < 4.78 is 5.06. The molecule has 1 aromatic carbocycles. The molecule has 1 atom stereocenters. The number of benzene rings is 1. The summed E-state index contributed by atoms with van der Waals surface area (Å²) in [5, 5.41) is 0.931. The van der Waals surface area contributed by atoms with Crippen molar-refractivity contribution in [2.45, 2.75) is 25.8 Å². The van der Waals surface area contributed by atoms with E-state index in [-0.39, 0.29) is 6.04 Å². The van der Waals surface area contributed by atoms with E-state index in [4.69, 9.17) is 33.7 Å². The minimum atomic E-state index is -0.0640. The molecule has 2 nitrogen and oxygen atoms in total.